The van der Waals surface area contributed by atoms with E-state index in [1.807, 2.05) is 31.0 Å². The molecule has 0 N–H and O–H groups in total. The Labute approximate surface area is 176 Å². The lowest BCUT2D eigenvalue weighted by Gasteiger charge is -2.34. The molecule has 1 saturated heterocycles. The summed E-state index contributed by atoms with van der Waals surface area (Å²) in [6.07, 6.45) is 3.97. The number of amides is 1. The molecule has 8 heteroatoms. The fourth-order valence-electron chi connectivity index (χ4n) is 3.83. The van der Waals surface area contributed by atoms with Crippen LogP contribution in [-0.2, 0) is 4.79 Å². The van der Waals surface area contributed by atoms with E-state index in [0.717, 1.165) is 25.2 Å². The summed E-state index contributed by atoms with van der Waals surface area (Å²) in [6, 6.07) is 11.6. The standard InChI is InChI=1S/C22H27FN6O/c1-17(22(30)29(15-5-12-24)19-10-8-18(23)9-11-19)27(2)16-20-6-4-14-28(20)21-7-3-13-25-26-21/h3,7-11,13,17,20H,4-6,14-16H2,1-2H3. The molecule has 2 heterocycles. The summed E-state index contributed by atoms with van der Waals surface area (Å²) < 4.78 is 13.3. The Hall–Kier alpha value is -3.05. The Bertz CT molecular complexity index is 869. The van der Waals surface area contributed by atoms with Gasteiger partial charge in [-0.25, -0.2) is 4.39 Å². The molecule has 2 aromatic rings. The Balaban J connectivity index is 1.69. The van der Waals surface area contributed by atoms with Gasteiger partial charge in [0.15, 0.2) is 5.82 Å². The van der Waals surface area contributed by atoms with Gasteiger partial charge in [0.2, 0.25) is 5.91 Å². The summed E-state index contributed by atoms with van der Waals surface area (Å²) in [5, 5.41) is 17.2. The van der Waals surface area contributed by atoms with E-state index in [4.69, 9.17) is 5.26 Å². The van der Waals surface area contributed by atoms with Crippen LogP contribution in [0.5, 0.6) is 0 Å². The fraction of sp³-hybridized carbons (Fsp3) is 0.455. The molecular weight excluding hydrogens is 383 g/mol. The summed E-state index contributed by atoms with van der Waals surface area (Å²) in [7, 11) is 1.93. The van der Waals surface area contributed by atoms with Crippen LogP contribution >= 0.6 is 0 Å². The van der Waals surface area contributed by atoms with Gasteiger partial charge >= 0.3 is 0 Å². The second-order valence-corrected chi connectivity index (χ2v) is 7.56. The molecule has 1 aliphatic rings. The minimum atomic E-state index is -0.391. The number of benzene rings is 1. The fourth-order valence-corrected chi connectivity index (χ4v) is 3.83. The zero-order chi connectivity index (χ0) is 21.5. The highest BCUT2D eigenvalue weighted by Crippen LogP contribution is 2.24. The van der Waals surface area contributed by atoms with Gasteiger partial charge in [-0.3, -0.25) is 9.69 Å². The van der Waals surface area contributed by atoms with Crippen molar-refractivity contribution in [2.75, 3.05) is 36.5 Å². The average Bonchev–Trinajstić information content (AvgIpc) is 3.23. The van der Waals surface area contributed by atoms with Gasteiger partial charge in [0.1, 0.15) is 5.82 Å². The van der Waals surface area contributed by atoms with Gasteiger partial charge in [0.25, 0.3) is 0 Å². The van der Waals surface area contributed by atoms with Gasteiger partial charge in [-0.1, -0.05) is 0 Å². The molecule has 1 aromatic heterocycles. The van der Waals surface area contributed by atoms with Gasteiger partial charge < -0.3 is 9.80 Å². The number of carbonyl (C=O) groups is 1. The lowest BCUT2D eigenvalue weighted by molar-refractivity contribution is -0.122. The number of rotatable bonds is 8. The number of nitriles is 1. The van der Waals surface area contributed by atoms with Crippen molar-refractivity contribution in [2.45, 2.75) is 38.3 Å². The average molecular weight is 410 g/mol. The van der Waals surface area contributed by atoms with E-state index in [1.165, 1.54) is 12.1 Å². The molecule has 2 unspecified atom stereocenters. The summed E-state index contributed by atoms with van der Waals surface area (Å²) in [5.41, 5.74) is 0.596. The number of anilines is 2. The van der Waals surface area contributed by atoms with E-state index in [1.54, 1.807) is 23.2 Å². The topological polar surface area (TPSA) is 76.4 Å². The van der Waals surface area contributed by atoms with Crippen LogP contribution in [0.1, 0.15) is 26.2 Å². The first-order valence-corrected chi connectivity index (χ1v) is 10.2. The Morgan fingerprint density at radius 1 is 1.37 bits per heavy atom. The first kappa shape index (κ1) is 21.7. The smallest absolute Gasteiger partial charge is 0.244 e. The molecule has 1 fully saturated rings. The minimum absolute atomic E-state index is 0.108. The molecule has 1 aromatic carbocycles. The van der Waals surface area contributed by atoms with Crippen molar-refractivity contribution in [1.82, 2.24) is 15.1 Å². The molecule has 1 amide bonds. The lowest BCUT2D eigenvalue weighted by atomic mass is 10.1. The van der Waals surface area contributed by atoms with Crippen molar-refractivity contribution in [1.29, 1.82) is 5.26 Å². The number of aromatic nitrogens is 2. The predicted octanol–water partition coefficient (Wildman–Crippen LogP) is 2.85. The van der Waals surface area contributed by atoms with Crippen LogP contribution < -0.4 is 9.80 Å². The normalized spacial score (nSPS) is 17.0. The zero-order valence-electron chi connectivity index (χ0n) is 17.4. The number of carbonyl (C=O) groups excluding carboxylic acids is 1. The Morgan fingerprint density at radius 2 is 2.13 bits per heavy atom. The van der Waals surface area contributed by atoms with Crippen molar-refractivity contribution in [3.63, 3.8) is 0 Å². The SMILES string of the molecule is CC(C(=O)N(CCC#N)c1ccc(F)cc1)N(C)CC1CCCN1c1cccnn1. The molecule has 0 radical (unpaired) electrons. The summed E-state index contributed by atoms with van der Waals surface area (Å²) in [5.74, 6) is 0.389. The molecule has 0 spiro atoms. The third-order valence-corrected chi connectivity index (χ3v) is 5.60. The first-order chi connectivity index (χ1) is 14.5. The van der Waals surface area contributed by atoms with Gasteiger partial charge in [-0.05, 0) is 63.2 Å². The first-order valence-electron chi connectivity index (χ1n) is 10.2. The van der Waals surface area contributed by atoms with Crippen LogP contribution in [0.3, 0.4) is 0 Å². The number of nitrogens with zero attached hydrogens (tertiary/aromatic N) is 6. The van der Waals surface area contributed by atoms with E-state index < -0.39 is 6.04 Å². The number of hydrogen-bond donors (Lipinski definition) is 0. The molecular formula is C22H27FN6O. The highest BCUT2D eigenvalue weighted by molar-refractivity contribution is 5.96. The van der Waals surface area contributed by atoms with Crippen LogP contribution in [0, 0.1) is 17.1 Å². The summed E-state index contributed by atoms with van der Waals surface area (Å²) >= 11 is 0. The maximum Gasteiger partial charge on any atom is 0.244 e. The van der Waals surface area contributed by atoms with Gasteiger partial charge in [-0.15, -0.1) is 5.10 Å². The minimum Gasteiger partial charge on any atom is -0.351 e. The van der Waals surface area contributed by atoms with E-state index in [0.29, 0.717) is 12.2 Å². The lowest BCUT2D eigenvalue weighted by Crippen LogP contribution is -2.50. The predicted molar refractivity (Wildman–Crippen MR) is 113 cm³/mol. The zero-order valence-corrected chi connectivity index (χ0v) is 17.4. The number of halogens is 1. The highest BCUT2D eigenvalue weighted by Gasteiger charge is 2.31. The molecule has 7 nitrogen and oxygen atoms in total. The molecule has 158 valence electrons. The van der Waals surface area contributed by atoms with Crippen molar-refractivity contribution >= 4 is 17.4 Å². The molecule has 3 rings (SSSR count). The Kier molecular flexibility index (Phi) is 7.31. The molecule has 30 heavy (non-hydrogen) atoms. The van der Waals surface area contributed by atoms with Crippen molar-refractivity contribution in [3.05, 3.63) is 48.4 Å². The maximum absolute atomic E-state index is 13.3. The largest absolute Gasteiger partial charge is 0.351 e. The second-order valence-electron chi connectivity index (χ2n) is 7.56. The van der Waals surface area contributed by atoms with E-state index >= 15 is 0 Å². The highest BCUT2D eigenvalue weighted by atomic mass is 19.1. The van der Waals surface area contributed by atoms with Crippen molar-refractivity contribution < 1.29 is 9.18 Å². The van der Waals surface area contributed by atoms with Gasteiger partial charge in [-0.2, -0.15) is 10.4 Å². The number of hydrogen-bond acceptors (Lipinski definition) is 6. The van der Waals surface area contributed by atoms with Crippen LogP contribution in [0.4, 0.5) is 15.9 Å². The van der Waals surface area contributed by atoms with Gasteiger partial charge in [0, 0.05) is 37.6 Å². The maximum atomic E-state index is 13.3. The van der Waals surface area contributed by atoms with E-state index in [2.05, 4.69) is 21.2 Å². The van der Waals surface area contributed by atoms with E-state index in [9.17, 15) is 9.18 Å². The Morgan fingerprint density at radius 3 is 2.80 bits per heavy atom. The van der Waals surface area contributed by atoms with Crippen LogP contribution in [0.2, 0.25) is 0 Å². The third kappa shape index (κ3) is 5.10. The monoisotopic (exact) mass is 410 g/mol. The van der Waals surface area contributed by atoms with Crippen LogP contribution in [0.15, 0.2) is 42.6 Å². The summed E-state index contributed by atoms with van der Waals surface area (Å²) in [4.78, 5) is 19.1. The van der Waals surface area contributed by atoms with Crippen LogP contribution in [-0.4, -0.2) is 59.8 Å². The molecule has 1 aliphatic heterocycles. The van der Waals surface area contributed by atoms with Crippen molar-refractivity contribution in [2.24, 2.45) is 0 Å². The quantitative estimate of drug-likeness (QED) is 0.666. The summed E-state index contributed by atoms with van der Waals surface area (Å²) in [6.45, 7) is 3.77. The van der Waals surface area contributed by atoms with Gasteiger partial charge in [0.05, 0.1) is 18.5 Å². The van der Waals surface area contributed by atoms with Crippen LogP contribution in [0.25, 0.3) is 0 Å². The molecule has 2 atom stereocenters. The van der Waals surface area contributed by atoms with Crippen molar-refractivity contribution in [3.8, 4) is 6.07 Å². The molecule has 0 bridgehead atoms. The molecule has 0 aliphatic carbocycles. The second kappa shape index (κ2) is 10.1. The number of likely N-dealkylation sites (N-methyl/N-ethyl adjacent to an activating group) is 1. The van der Waals surface area contributed by atoms with E-state index in [-0.39, 0.29) is 30.7 Å². The molecule has 0 saturated carbocycles. The third-order valence-electron chi connectivity index (χ3n) is 5.60.